The summed E-state index contributed by atoms with van der Waals surface area (Å²) in [6, 6.07) is 7.56. The van der Waals surface area contributed by atoms with Gasteiger partial charge in [-0.15, -0.1) is 0 Å². The second-order valence-electron chi connectivity index (χ2n) is 2.52. The summed E-state index contributed by atoms with van der Waals surface area (Å²) >= 11 is 2.93. The fourth-order valence-corrected chi connectivity index (χ4v) is 1.58. The minimum atomic E-state index is -0.0875. The number of para-hydroxylation sites is 1. The fourth-order valence-electron chi connectivity index (χ4n) is 1.25. The quantitative estimate of drug-likeness (QED) is 0.742. The number of nitrogens with one attached hydrogen (secondary N) is 1. The molecule has 0 atom stereocenters. The van der Waals surface area contributed by atoms with Crippen molar-refractivity contribution in [1.29, 1.82) is 0 Å². The molecule has 2 nitrogen and oxygen atoms in total. The predicted molar refractivity (Wildman–Crippen MR) is 51.6 cm³/mol. The van der Waals surface area contributed by atoms with Gasteiger partial charge in [0.15, 0.2) is 0 Å². The highest BCUT2D eigenvalue weighted by molar-refractivity contribution is 9.18. The van der Waals surface area contributed by atoms with E-state index < -0.39 is 0 Å². The van der Waals surface area contributed by atoms with Gasteiger partial charge < -0.3 is 4.98 Å². The molecule has 60 valence electrons. The zero-order valence-corrected chi connectivity index (χ0v) is 7.76. The van der Waals surface area contributed by atoms with Gasteiger partial charge in [-0.1, -0.05) is 12.1 Å². The van der Waals surface area contributed by atoms with E-state index in [1.54, 1.807) is 6.07 Å². The van der Waals surface area contributed by atoms with Gasteiger partial charge in [0.2, 0.25) is 4.69 Å². The molecule has 0 unspecified atom stereocenters. The average Bonchev–Trinajstić information content (AvgIpc) is 2.49. The first kappa shape index (κ1) is 7.55. The van der Waals surface area contributed by atoms with Crippen molar-refractivity contribution in [2.24, 2.45) is 0 Å². The summed E-state index contributed by atoms with van der Waals surface area (Å²) < 4.78 is -0.0875. The molecule has 12 heavy (non-hydrogen) atoms. The van der Waals surface area contributed by atoms with Crippen LogP contribution in [0.5, 0.6) is 0 Å². The van der Waals surface area contributed by atoms with E-state index >= 15 is 0 Å². The molecule has 3 heteroatoms. The van der Waals surface area contributed by atoms with Crippen molar-refractivity contribution in [3.05, 3.63) is 36.0 Å². The highest BCUT2D eigenvalue weighted by atomic mass is 79.9. The molecule has 1 N–H and O–H groups in total. The van der Waals surface area contributed by atoms with E-state index in [0.29, 0.717) is 5.56 Å². The van der Waals surface area contributed by atoms with E-state index in [1.807, 2.05) is 24.4 Å². The lowest BCUT2D eigenvalue weighted by atomic mass is 10.2. The Morgan fingerprint density at radius 2 is 2.17 bits per heavy atom. The van der Waals surface area contributed by atoms with Gasteiger partial charge in [0.1, 0.15) is 0 Å². The number of carbonyl (C=O) groups excluding carboxylic acids is 1. The number of hydrogen-bond donors (Lipinski definition) is 1. The van der Waals surface area contributed by atoms with E-state index in [1.165, 1.54) is 0 Å². The molecule has 0 aliphatic heterocycles. The number of rotatable bonds is 1. The van der Waals surface area contributed by atoms with Gasteiger partial charge in [0.25, 0.3) is 0 Å². The lowest BCUT2D eigenvalue weighted by Crippen LogP contribution is -1.88. The van der Waals surface area contributed by atoms with Gasteiger partial charge in [0, 0.05) is 11.6 Å². The molecular formula is C9H6BrNO. The summed E-state index contributed by atoms with van der Waals surface area (Å²) in [6.45, 7) is 0. The third kappa shape index (κ3) is 1.06. The minimum absolute atomic E-state index is 0.0875. The number of H-pyrrole nitrogens is 1. The molecule has 0 saturated heterocycles. The number of aromatic amines is 1. The molecule has 0 aliphatic rings. The van der Waals surface area contributed by atoms with Crippen LogP contribution in [0, 0.1) is 0 Å². The molecule has 0 spiro atoms. The smallest absolute Gasteiger partial charge is 0.230 e. The maximum absolute atomic E-state index is 11.1. The van der Waals surface area contributed by atoms with E-state index in [0.717, 1.165) is 10.9 Å². The predicted octanol–water partition coefficient (Wildman–Crippen LogP) is 2.70. The van der Waals surface area contributed by atoms with Crippen LogP contribution in [-0.4, -0.2) is 9.68 Å². The van der Waals surface area contributed by atoms with Crippen molar-refractivity contribution in [2.45, 2.75) is 0 Å². The van der Waals surface area contributed by atoms with Gasteiger partial charge in [0.05, 0.1) is 11.1 Å². The Kier molecular flexibility index (Phi) is 1.73. The summed E-state index contributed by atoms with van der Waals surface area (Å²) in [5, 5.41) is 1.06. The standard InChI is InChI=1S/C9H6BrNO/c10-9(12)7-3-1-2-6-4-5-11-8(6)7/h1-5,11H. The molecule has 0 bridgehead atoms. The molecule has 0 saturated carbocycles. The second kappa shape index (κ2) is 2.75. The van der Waals surface area contributed by atoms with Crippen molar-refractivity contribution in [3.63, 3.8) is 0 Å². The first-order valence-corrected chi connectivity index (χ1v) is 4.34. The Morgan fingerprint density at radius 3 is 2.92 bits per heavy atom. The molecule has 2 aromatic rings. The van der Waals surface area contributed by atoms with Crippen LogP contribution in [0.15, 0.2) is 30.5 Å². The third-order valence-electron chi connectivity index (χ3n) is 1.80. The lowest BCUT2D eigenvalue weighted by molar-refractivity contribution is 0.109. The Bertz CT molecular complexity index is 433. The molecule has 0 radical (unpaired) electrons. The lowest BCUT2D eigenvalue weighted by Gasteiger charge is -1.95. The van der Waals surface area contributed by atoms with Gasteiger partial charge in [-0.2, -0.15) is 0 Å². The Hall–Kier alpha value is -1.09. The molecular weight excluding hydrogens is 218 g/mol. The number of fused-ring (bicyclic) bond motifs is 1. The van der Waals surface area contributed by atoms with Gasteiger partial charge in [-0.3, -0.25) is 4.79 Å². The van der Waals surface area contributed by atoms with E-state index in [9.17, 15) is 4.79 Å². The molecule has 1 aromatic heterocycles. The summed E-state index contributed by atoms with van der Waals surface area (Å²) in [7, 11) is 0. The normalized spacial score (nSPS) is 10.4. The van der Waals surface area contributed by atoms with Gasteiger partial charge in [-0.05, 0) is 28.1 Å². The monoisotopic (exact) mass is 223 g/mol. The number of carbonyl (C=O) groups is 1. The molecule has 1 aromatic carbocycles. The Balaban J connectivity index is 2.82. The summed E-state index contributed by atoms with van der Waals surface area (Å²) in [5.74, 6) is 0. The largest absolute Gasteiger partial charge is 0.361 e. The zero-order valence-electron chi connectivity index (χ0n) is 6.17. The van der Waals surface area contributed by atoms with Gasteiger partial charge in [-0.25, -0.2) is 0 Å². The minimum Gasteiger partial charge on any atom is -0.361 e. The summed E-state index contributed by atoms with van der Waals surface area (Å²) in [4.78, 5) is 14.1. The van der Waals surface area contributed by atoms with Crippen LogP contribution in [0.4, 0.5) is 0 Å². The van der Waals surface area contributed by atoms with E-state index in [2.05, 4.69) is 20.9 Å². The van der Waals surface area contributed by atoms with Crippen LogP contribution in [0.1, 0.15) is 10.4 Å². The molecule has 0 aliphatic carbocycles. The number of hydrogen-bond acceptors (Lipinski definition) is 1. The second-order valence-corrected chi connectivity index (χ2v) is 3.24. The van der Waals surface area contributed by atoms with Crippen LogP contribution < -0.4 is 0 Å². The first-order valence-electron chi connectivity index (χ1n) is 3.55. The van der Waals surface area contributed by atoms with Crippen molar-refractivity contribution >= 4 is 31.5 Å². The number of benzene rings is 1. The Labute approximate surface area is 77.7 Å². The maximum Gasteiger partial charge on any atom is 0.230 e. The Morgan fingerprint density at radius 1 is 1.33 bits per heavy atom. The van der Waals surface area contributed by atoms with Crippen LogP contribution in [0.25, 0.3) is 10.9 Å². The van der Waals surface area contributed by atoms with Crippen molar-refractivity contribution in [3.8, 4) is 0 Å². The van der Waals surface area contributed by atoms with E-state index in [-0.39, 0.29) is 4.69 Å². The van der Waals surface area contributed by atoms with E-state index in [4.69, 9.17) is 0 Å². The highest BCUT2D eigenvalue weighted by Crippen LogP contribution is 2.18. The molecule has 0 fully saturated rings. The van der Waals surface area contributed by atoms with Gasteiger partial charge >= 0.3 is 0 Å². The van der Waals surface area contributed by atoms with Crippen molar-refractivity contribution in [2.75, 3.05) is 0 Å². The highest BCUT2D eigenvalue weighted by Gasteiger charge is 2.05. The molecule has 2 rings (SSSR count). The SMILES string of the molecule is O=C(Br)c1cccc2cc[nH]c12. The first-order chi connectivity index (χ1) is 5.79. The summed E-state index contributed by atoms with van der Waals surface area (Å²) in [5.41, 5.74) is 1.57. The average molecular weight is 224 g/mol. The molecule has 1 heterocycles. The summed E-state index contributed by atoms with van der Waals surface area (Å²) in [6.07, 6.45) is 1.82. The van der Waals surface area contributed by atoms with Crippen LogP contribution in [0.3, 0.4) is 0 Å². The maximum atomic E-state index is 11.1. The fraction of sp³-hybridized carbons (Fsp3) is 0. The third-order valence-corrected chi connectivity index (χ3v) is 2.23. The topological polar surface area (TPSA) is 32.9 Å². The van der Waals surface area contributed by atoms with Crippen molar-refractivity contribution in [1.82, 2.24) is 4.98 Å². The van der Waals surface area contributed by atoms with Crippen LogP contribution >= 0.6 is 15.9 Å². The van der Waals surface area contributed by atoms with Crippen molar-refractivity contribution < 1.29 is 4.79 Å². The van der Waals surface area contributed by atoms with Crippen LogP contribution in [0.2, 0.25) is 0 Å². The molecule has 0 amide bonds. The van der Waals surface area contributed by atoms with Crippen LogP contribution in [-0.2, 0) is 0 Å². The zero-order chi connectivity index (χ0) is 8.55. The number of halogens is 1. The number of aromatic nitrogens is 1.